The minimum atomic E-state index is -0.661. The largest absolute Gasteiger partial charge is 0.447 e. The molecule has 1 aliphatic rings. The molecular weight excluding hydrogens is 296 g/mol. The summed E-state index contributed by atoms with van der Waals surface area (Å²) >= 11 is 0. The fourth-order valence-corrected chi connectivity index (χ4v) is 2.66. The van der Waals surface area contributed by atoms with Crippen molar-refractivity contribution in [1.29, 1.82) is 0 Å². The van der Waals surface area contributed by atoms with Crippen molar-refractivity contribution < 1.29 is 14.3 Å². The SMILES string of the molecule is CCN(C)C(=O)c1coc(CN2CCN(CC(C)(C)O)CC2)n1. The molecule has 0 radical (unpaired) electrons. The molecule has 0 unspecified atom stereocenters. The van der Waals surface area contributed by atoms with Crippen LogP contribution in [0.4, 0.5) is 0 Å². The maximum absolute atomic E-state index is 12.0. The van der Waals surface area contributed by atoms with E-state index in [2.05, 4.69) is 14.8 Å². The average Bonchev–Trinajstić information content (AvgIpc) is 2.94. The van der Waals surface area contributed by atoms with Crippen molar-refractivity contribution >= 4 is 5.91 Å². The first-order valence-corrected chi connectivity index (χ1v) is 8.15. The third-order valence-electron chi connectivity index (χ3n) is 4.03. The van der Waals surface area contributed by atoms with E-state index in [1.165, 1.54) is 6.26 Å². The van der Waals surface area contributed by atoms with Crippen LogP contribution < -0.4 is 0 Å². The standard InChI is InChI=1S/C16H28N4O3/c1-5-18(4)15(21)13-11-23-14(17-13)10-19-6-8-20(9-7-19)12-16(2,3)22/h11,22H,5-10,12H2,1-4H3. The van der Waals surface area contributed by atoms with Crippen molar-refractivity contribution in [3.05, 3.63) is 17.8 Å². The average molecular weight is 324 g/mol. The summed E-state index contributed by atoms with van der Waals surface area (Å²) < 4.78 is 5.44. The van der Waals surface area contributed by atoms with Crippen LogP contribution in [-0.2, 0) is 6.54 Å². The third kappa shape index (κ3) is 5.30. The second-order valence-electron chi connectivity index (χ2n) is 6.81. The van der Waals surface area contributed by atoms with Gasteiger partial charge in [0.25, 0.3) is 5.91 Å². The molecule has 2 rings (SSSR count). The first-order valence-electron chi connectivity index (χ1n) is 8.15. The van der Waals surface area contributed by atoms with E-state index in [1.807, 2.05) is 20.8 Å². The minimum Gasteiger partial charge on any atom is -0.447 e. The lowest BCUT2D eigenvalue weighted by atomic mass is 10.1. The van der Waals surface area contributed by atoms with Gasteiger partial charge in [-0.05, 0) is 20.8 Å². The first kappa shape index (κ1) is 17.9. The molecule has 1 aromatic heterocycles. The number of aromatic nitrogens is 1. The lowest BCUT2D eigenvalue weighted by Crippen LogP contribution is -2.50. The lowest BCUT2D eigenvalue weighted by Gasteiger charge is -2.36. The molecule has 1 amide bonds. The number of amides is 1. The van der Waals surface area contributed by atoms with E-state index in [1.54, 1.807) is 11.9 Å². The smallest absolute Gasteiger partial charge is 0.275 e. The van der Waals surface area contributed by atoms with Crippen molar-refractivity contribution in [2.75, 3.05) is 46.3 Å². The molecule has 7 nitrogen and oxygen atoms in total. The fourth-order valence-electron chi connectivity index (χ4n) is 2.66. The normalized spacial score (nSPS) is 17.4. The summed E-state index contributed by atoms with van der Waals surface area (Å²) in [6.45, 7) is 11.1. The van der Waals surface area contributed by atoms with Gasteiger partial charge in [-0.25, -0.2) is 4.98 Å². The molecule has 1 aliphatic heterocycles. The molecule has 2 heterocycles. The van der Waals surface area contributed by atoms with E-state index in [9.17, 15) is 9.90 Å². The van der Waals surface area contributed by atoms with Gasteiger partial charge in [-0.1, -0.05) is 0 Å². The van der Waals surface area contributed by atoms with Gasteiger partial charge >= 0.3 is 0 Å². The third-order valence-corrected chi connectivity index (χ3v) is 4.03. The zero-order valence-electron chi connectivity index (χ0n) is 14.6. The monoisotopic (exact) mass is 324 g/mol. The number of nitrogens with zero attached hydrogens (tertiary/aromatic N) is 4. The number of β-amino-alcohol motifs (C(OH)–C–C–N with tert-alkyl or cyclic N) is 1. The quantitative estimate of drug-likeness (QED) is 0.828. The van der Waals surface area contributed by atoms with Crippen LogP contribution in [0.25, 0.3) is 0 Å². The number of piperazine rings is 1. The highest BCUT2D eigenvalue weighted by molar-refractivity contribution is 5.91. The summed E-state index contributed by atoms with van der Waals surface area (Å²) in [7, 11) is 1.75. The lowest BCUT2D eigenvalue weighted by molar-refractivity contribution is 0.0156. The predicted octanol–water partition coefficient (Wildman–Crippen LogP) is 0.655. The zero-order chi connectivity index (χ0) is 17.0. The molecule has 1 N–H and O–H groups in total. The van der Waals surface area contributed by atoms with Crippen LogP contribution in [0.2, 0.25) is 0 Å². The minimum absolute atomic E-state index is 0.113. The number of oxazole rings is 1. The van der Waals surface area contributed by atoms with E-state index in [0.717, 1.165) is 26.2 Å². The number of carbonyl (C=O) groups is 1. The second-order valence-corrected chi connectivity index (χ2v) is 6.81. The highest BCUT2D eigenvalue weighted by Gasteiger charge is 2.24. The summed E-state index contributed by atoms with van der Waals surface area (Å²) in [5.41, 5.74) is -0.296. The molecule has 0 aliphatic carbocycles. The Kier molecular flexibility index (Phi) is 5.78. The highest BCUT2D eigenvalue weighted by Crippen LogP contribution is 2.12. The van der Waals surface area contributed by atoms with Crippen LogP contribution in [0, 0.1) is 0 Å². The number of carbonyl (C=O) groups excluding carboxylic acids is 1. The molecule has 130 valence electrons. The Morgan fingerprint density at radius 2 is 1.96 bits per heavy atom. The van der Waals surface area contributed by atoms with Crippen LogP contribution in [0.3, 0.4) is 0 Å². The van der Waals surface area contributed by atoms with Crippen LogP contribution in [0.5, 0.6) is 0 Å². The Hall–Kier alpha value is -1.44. The summed E-state index contributed by atoms with van der Waals surface area (Å²) in [6, 6.07) is 0. The molecule has 0 atom stereocenters. The molecule has 7 heteroatoms. The van der Waals surface area contributed by atoms with Gasteiger partial charge in [-0.3, -0.25) is 14.6 Å². The van der Waals surface area contributed by atoms with Gasteiger partial charge in [-0.2, -0.15) is 0 Å². The van der Waals surface area contributed by atoms with E-state index in [-0.39, 0.29) is 5.91 Å². The molecule has 0 spiro atoms. The Morgan fingerprint density at radius 3 is 2.52 bits per heavy atom. The van der Waals surface area contributed by atoms with Crippen LogP contribution in [0.15, 0.2) is 10.7 Å². The van der Waals surface area contributed by atoms with E-state index in [0.29, 0.717) is 31.2 Å². The number of rotatable bonds is 6. The van der Waals surface area contributed by atoms with Gasteiger partial charge in [0.15, 0.2) is 5.69 Å². The molecule has 23 heavy (non-hydrogen) atoms. The van der Waals surface area contributed by atoms with Gasteiger partial charge in [0, 0.05) is 46.3 Å². The molecule has 0 saturated carbocycles. The van der Waals surface area contributed by atoms with Gasteiger partial charge < -0.3 is 14.4 Å². The molecule has 0 bridgehead atoms. The second kappa shape index (κ2) is 7.42. The van der Waals surface area contributed by atoms with Gasteiger partial charge in [0.1, 0.15) is 6.26 Å². The highest BCUT2D eigenvalue weighted by atomic mass is 16.3. The Labute approximate surface area is 137 Å². The number of hydrogen-bond donors (Lipinski definition) is 1. The summed E-state index contributed by atoms with van der Waals surface area (Å²) in [6.07, 6.45) is 1.44. The van der Waals surface area contributed by atoms with Gasteiger partial charge in [-0.15, -0.1) is 0 Å². The van der Waals surface area contributed by atoms with Crippen LogP contribution >= 0.6 is 0 Å². The Bertz CT molecular complexity index is 516. The number of hydrogen-bond acceptors (Lipinski definition) is 6. The van der Waals surface area contributed by atoms with Crippen molar-refractivity contribution in [1.82, 2.24) is 19.7 Å². The summed E-state index contributed by atoms with van der Waals surface area (Å²) in [4.78, 5) is 22.4. The Balaban J connectivity index is 1.83. The predicted molar refractivity (Wildman–Crippen MR) is 87.2 cm³/mol. The van der Waals surface area contributed by atoms with Crippen molar-refractivity contribution in [2.24, 2.45) is 0 Å². The molecule has 1 fully saturated rings. The van der Waals surface area contributed by atoms with Gasteiger partial charge in [0.05, 0.1) is 12.1 Å². The van der Waals surface area contributed by atoms with Crippen molar-refractivity contribution in [2.45, 2.75) is 32.9 Å². The van der Waals surface area contributed by atoms with Crippen LogP contribution in [-0.4, -0.2) is 82.6 Å². The van der Waals surface area contributed by atoms with E-state index in [4.69, 9.17) is 4.42 Å². The maximum atomic E-state index is 12.0. The van der Waals surface area contributed by atoms with Crippen molar-refractivity contribution in [3.63, 3.8) is 0 Å². The topological polar surface area (TPSA) is 73.1 Å². The summed E-state index contributed by atoms with van der Waals surface area (Å²) in [5, 5.41) is 9.87. The maximum Gasteiger partial charge on any atom is 0.275 e. The van der Waals surface area contributed by atoms with Crippen molar-refractivity contribution in [3.8, 4) is 0 Å². The van der Waals surface area contributed by atoms with Gasteiger partial charge in [0.2, 0.25) is 5.89 Å². The molecule has 1 saturated heterocycles. The Morgan fingerprint density at radius 1 is 1.35 bits per heavy atom. The van der Waals surface area contributed by atoms with E-state index < -0.39 is 5.60 Å². The first-order chi connectivity index (χ1) is 10.8. The molecule has 0 aromatic carbocycles. The summed E-state index contributed by atoms with van der Waals surface area (Å²) in [5.74, 6) is 0.464. The van der Waals surface area contributed by atoms with E-state index >= 15 is 0 Å². The number of aliphatic hydroxyl groups is 1. The molecular formula is C16H28N4O3. The fraction of sp³-hybridized carbons (Fsp3) is 0.750. The zero-order valence-corrected chi connectivity index (χ0v) is 14.6. The van der Waals surface area contributed by atoms with Crippen LogP contribution in [0.1, 0.15) is 37.2 Å². The molecule has 1 aromatic rings.